The van der Waals surface area contributed by atoms with Crippen LogP contribution in [0.25, 0.3) is 0 Å². The molecular formula is C23H30N2O3. The molecule has 1 N–H and O–H groups in total. The van der Waals surface area contributed by atoms with Crippen molar-refractivity contribution in [2.24, 2.45) is 0 Å². The fourth-order valence-electron chi connectivity index (χ4n) is 3.73. The van der Waals surface area contributed by atoms with Crippen LogP contribution in [0.4, 0.5) is 0 Å². The molecular weight excluding hydrogens is 352 g/mol. The van der Waals surface area contributed by atoms with E-state index in [0.717, 1.165) is 25.2 Å². The number of amides is 1. The summed E-state index contributed by atoms with van der Waals surface area (Å²) in [6, 6.07) is 17.8. The van der Waals surface area contributed by atoms with Gasteiger partial charge in [-0.15, -0.1) is 0 Å². The van der Waals surface area contributed by atoms with Crippen LogP contribution in [0.3, 0.4) is 0 Å². The van der Waals surface area contributed by atoms with Gasteiger partial charge in [0.25, 0.3) is 5.91 Å². The topological polar surface area (TPSA) is 50.8 Å². The molecule has 0 aliphatic carbocycles. The number of morpholine rings is 1. The predicted molar refractivity (Wildman–Crippen MR) is 110 cm³/mol. The number of ether oxygens (including phenoxy) is 2. The third kappa shape index (κ3) is 5.64. The minimum absolute atomic E-state index is 0.0850. The van der Waals surface area contributed by atoms with Crippen LogP contribution in [0.15, 0.2) is 54.6 Å². The maximum absolute atomic E-state index is 12.5. The van der Waals surface area contributed by atoms with Crippen LogP contribution in [-0.4, -0.2) is 49.8 Å². The van der Waals surface area contributed by atoms with Gasteiger partial charge in [0.2, 0.25) is 0 Å². The standard InChI is InChI=1S/C23H30N2O3/c1-17-14-25(15-18(2)28-17)16-19-9-11-21(12-10-19)23(26)24-13-22(27-3)20-7-5-4-6-8-20/h4-12,17-18,22H,13-16H2,1-3H3,(H,24,26). The monoisotopic (exact) mass is 382 g/mol. The van der Waals surface area contributed by atoms with Crippen molar-refractivity contribution in [1.82, 2.24) is 10.2 Å². The average Bonchev–Trinajstić information content (AvgIpc) is 2.69. The van der Waals surface area contributed by atoms with Crippen LogP contribution in [-0.2, 0) is 16.0 Å². The summed E-state index contributed by atoms with van der Waals surface area (Å²) in [5.41, 5.74) is 2.92. The molecule has 3 atom stereocenters. The minimum atomic E-state index is -0.158. The first-order chi connectivity index (χ1) is 13.5. The third-order valence-electron chi connectivity index (χ3n) is 5.02. The van der Waals surface area contributed by atoms with E-state index in [1.165, 1.54) is 5.56 Å². The van der Waals surface area contributed by atoms with Gasteiger partial charge >= 0.3 is 0 Å². The summed E-state index contributed by atoms with van der Waals surface area (Å²) in [7, 11) is 1.66. The first kappa shape index (κ1) is 20.5. The van der Waals surface area contributed by atoms with Crippen molar-refractivity contribution in [3.8, 4) is 0 Å². The molecule has 0 radical (unpaired) electrons. The number of nitrogens with zero attached hydrogens (tertiary/aromatic N) is 1. The van der Waals surface area contributed by atoms with E-state index < -0.39 is 0 Å². The molecule has 2 aromatic carbocycles. The minimum Gasteiger partial charge on any atom is -0.375 e. The van der Waals surface area contributed by atoms with Crippen molar-refractivity contribution in [2.45, 2.75) is 38.7 Å². The van der Waals surface area contributed by atoms with Gasteiger partial charge in [-0.1, -0.05) is 42.5 Å². The molecule has 5 heteroatoms. The largest absolute Gasteiger partial charge is 0.375 e. The highest BCUT2D eigenvalue weighted by atomic mass is 16.5. The maximum atomic E-state index is 12.5. The highest BCUT2D eigenvalue weighted by molar-refractivity contribution is 5.94. The van der Waals surface area contributed by atoms with Crippen molar-refractivity contribution in [3.05, 3.63) is 71.3 Å². The van der Waals surface area contributed by atoms with Crippen molar-refractivity contribution >= 4 is 5.91 Å². The van der Waals surface area contributed by atoms with Crippen LogP contribution in [0.1, 0.15) is 41.4 Å². The zero-order chi connectivity index (χ0) is 19.9. The maximum Gasteiger partial charge on any atom is 0.251 e. The van der Waals surface area contributed by atoms with E-state index in [1.54, 1.807) is 7.11 Å². The molecule has 3 unspecified atom stereocenters. The molecule has 1 amide bonds. The number of carbonyl (C=O) groups excluding carboxylic acids is 1. The Labute approximate surface area is 167 Å². The Morgan fingerprint density at radius 1 is 1.11 bits per heavy atom. The van der Waals surface area contributed by atoms with Crippen molar-refractivity contribution < 1.29 is 14.3 Å². The van der Waals surface area contributed by atoms with E-state index >= 15 is 0 Å². The Bertz CT molecular complexity index is 738. The quantitative estimate of drug-likeness (QED) is 0.797. The van der Waals surface area contributed by atoms with Crippen molar-refractivity contribution in [1.29, 1.82) is 0 Å². The molecule has 0 aromatic heterocycles. The number of nitrogens with one attached hydrogen (secondary N) is 1. The first-order valence-electron chi connectivity index (χ1n) is 9.88. The van der Waals surface area contributed by atoms with E-state index in [2.05, 4.69) is 24.1 Å². The van der Waals surface area contributed by atoms with Gasteiger partial charge in [0.1, 0.15) is 0 Å². The van der Waals surface area contributed by atoms with E-state index in [1.807, 2.05) is 54.6 Å². The van der Waals surface area contributed by atoms with Crippen molar-refractivity contribution in [3.63, 3.8) is 0 Å². The van der Waals surface area contributed by atoms with Crippen LogP contribution < -0.4 is 5.32 Å². The van der Waals surface area contributed by atoms with Crippen molar-refractivity contribution in [2.75, 3.05) is 26.7 Å². The van der Waals surface area contributed by atoms with Gasteiger partial charge in [0.15, 0.2) is 0 Å². The Morgan fingerprint density at radius 3 is 2.36 bits per heavy atom. The van der Waals surface area contributed by atoms with Gasteiger partial charge in [-0.25, -0.2) is 0 Å². The molecule has 0 spiro atoms. The Balaban J connectivity index is 1.53. The number of hydrogen-bond acceptors (Lipinski definition) is 4. The third-order valence-corrected chi connectivity index (χ3v) is 5.02. The number of rotatable bonds is 7. The van der Waals surface area contributed by atoms with Gasteiger partial charge < -0.3 is 14.8 Å². The van der Waals surface area contributed by atoms with Gasteiger partial charge in [-0.05, 0) is 37.1 Å². The average molecular weight is 383 g/mol. The molecule has 0 saturated carbocycles. The Kier molecular flexibility index (Phi) is 7.20. The molecule has 1 fully saturated rings. The lowest BCUT2D eigenvalue weighted by Gasteiger charge is -2.35. The highest BCUT2D eigenvalue weighted by Gasteiger charge is 2.22. The summed E-state index contributed by atoms with van der Waals surface area (Å²) in [5.74, 6) is -0.0850. The lowest BCUT2D eigenvalue weighted by molar-refractivity contribution is -0.0704. The van der Waals surface area contributed by atoms with Gasteiger partial charge in [0.05, 0.1) is 18.3 Å². The predicted octanol–water partition coefficient (Wildman–Crippen LogP) is 3.41. The molecule has 1 heterocycles. The zero-order valence-corrected chi connectivity index (χ0v) is 16.9. The molecule has 3 rings (SSSR count). The van der Waals surface area contributed by atoms with E-state index in [4.69, 9.17) is 9.47 Å². The van der Waals surface area contributed by atoms with E-state index in [-0.39, 0.29) is 24.2 Å². The number of carbonyl (C=O) groups is 1. The summed E-state index contributed by atoms with van der Waals surface area (Å²) >= 11 is 0. The summed E-state index contributed by atoms with van der Waals surface area (Å²) in [4.78, 5) is 14.9. The summed E-state index contributed by atoms with van der Waals surface area (Å²) in [5, 5.41) is 2.97. The molecule has 5 nitrogen and oxygen atoms in total. The SMILES string of the molecule is COC(CNC(=O)c1ccc(CN2CC(C)OC(C)C2)cc1)c1ccccc1. The summed E-state index contributed by atoms with van der Waals surface area (Å²) in [6.45, 7) is 7.40. The molecule has 1 aliphatic heterocycles. The second kappa shape index (κ2) is 9.82. The molecule has 1 aliphatic rings. The second-order valence-corrected chi connectivity index (χ2v) is 7.49. The van der Waals surface area contributed by atoms with Crippen LogP contribution in [0, 0.1) is 0 Å². The molecule has 28 heavy (non-hydrogen) atoms. The lowest BCUT2D eigenvalue weighted by atomic mass is 10.1. The molecule has 1 saturated heterocycles. The van der Waals surface area contributed by atoms with Gasteiger partial charge in [-0.3, -0.25) is 9.69 Å². The smallest absolute Gasteiger partial charge is 0.251 e. The van der Waals surface area contributed by atoms with Gasteiger partial charge in [0, 0.05) is 38.9 Å². The number of benzene rings is 2. The molecule has 150 valence electrons. The Hall–Kier alpha value is -2.21. The fourth-order valence-corrected chi connectivity index (χ4v) is 3.73. The molecule has 0 bridgehead atoms. The second-order valence-electron chi connectivity index (χ2n) is 7.49. The highest BCUT2D eigenvalue weighted by Crippen LogP contribution is 2.16. The van der Waals surface area contributed by atoms with E-state index in [0.29, 0.717) is 12.1 Å². The number of hydrogen-bond donors (Lipinski definition) is 1. The van der Waals surface area contributed by atoms with Crippen LogP contribution >= 0.6 is 0 Å². The Morgan fingerprint density at radius 2 is 1.75 bits per heavy atom. The van der Waals surface area contributed by atoms with Crippen LogP contribution in [0.2, 0.25) is 0 Å². The van der Waals surface area contributed by atoms with Crippen LogP contribution in [0.5, 0.6) is 0 Å². The first-order valence-corrected chi connectivity index (χ1v) is 9.88. The van der Waals surface area contributed by atoms with Gasteiger partial charge in [-0.2, -0.15) is 0 Å². The molecule has 2 aromatic rings. The zero-order valence-electron chi connectivity index (χ0n) is 16.9. The number of methoxy groups -OCH3 is 1. The summed E-state index contributed by atoms with van der Waals surface area (Å²) in [6.07, 6.45) is 0.356. The fraction of sp³-hybridized carbons (Fsp3) is 0.435. The normalized spacial score (nSPS) is 21.2. The van der Waals surface area contributed by atoms with E-state index in [9.17, 15) is 4.79 Å². The lowest BCUT2D eigenvalue weighted by Crippen LogP contribution is -2.44. The summed E-state index contributed by atoms with van der Waals surface area (Å²) < 4.78 is 11.3.